The van der Waals surface area contributed by atoms with E-state index in [-0.39, 0.29) is 6.09 Å². The summed E-state index contributed by atoms with van der Waals surface area (Å²) in [4.78, 5) is 12.8. The van der Waals surface area contributed by atoms with Gasteiger partial charge in [-0.25, -0.2) is 4.79 Å². The van der Waals surface area contributed by atoms with E-state index < -0.39 is 0 Å². The van der Waals surface area contributed by atoms with Crippen molar-refractivity contribution in [2.24, 2.45) is 0 Å². The summed E-state index contributed by atoms with van der Waals surface area (Å²) in [6, 6.07) is 0. The van der Waals surface area contributed by atoms with E-state index in [9.17, 15) is 4.79 Å². The van der Waals surface area contributed by atoms with Crippen molar-refractivity contribution < 1.29 is 9.53 Å². The second kappa shape index (κ2) is 4.21. The fourth-order valence-corrected chi connectivity index (χ4v) is 1.15. The number of hydrogen-bond acceptors (Lipinski definition) is 2. The molecule has 0 spiro atoms. The zero-order valence-electron chi connectivity index (χ0n) is 7.01. The maximum absolute atomic E-state index is 11.0. The quantitative estimate of drug-likeness (QED) is 0.623. The Bertz CT molecular complexity index is 136. The van der Waals surface area contributed by atoms with Gasteiger partial charge in [0.15, 0.2) is 0 Å². The number of amides is 1. The number of hydrogen-bond donors (Lipinski definition) is 0. The molecule has 3 nitrogen and oxygen atoms in total. The minimum Gasteiger partial charge on any atom is -0.449 e. The molecule has 0 bridgehead atoms. The lowest BCUT2D eigenvalue weighted by Crippen LogP contribution is -2.38. The van der Waals surface area contributed by atoms with Crippen LogP contribution >= 0.6 is 0 Å². The van der Waals surface area contributed by atoms with Crippen molar-refractivity contribution in [1.29, 1.82) is 0 Å². The van der Waals surface area contributed by atoms with E-state index in [1.807, 2.05) is 0 Å². The molecule has 0 atom stereocenters. The van der Waals surface area contributed by atoms with Gasteiger partial charge >= 0.3 is 6.09 Å². The summed E-state index contributed by atoms with van der Waals surface area (Å²) in [5, 5.41) is 0. The fourth-order valence-electron chi connectivity index (χ4n) is 1.15. The van der Waals surface area contributed by atoms with Crippen LogP contribution in [0.4, 0.5) is 4.79 Å². The Morgan fingerprint density at radius 1 is 1.64 bits per heavy atom. The minimum atomic E-state index is -0.135. The van der Waals surface area contributed by atoms with Crippen molar-refractivity contribution in [3.05, 3.63) is 0 Å². The second-order valence-corrected chi connectivity index (χ2v) is 2.81. The van der Waals surface area contributed by atoms with E-state index in [1.54, 1.807) is 4.90 Å². The topological polar surface area (TPSA) is 29.5 Å². The van der Waals surface area contributed by atoms with E-state index >= 15 is 0 Å². The van der Waals surface area contributed by atoms with Crippen molar-refractivity contribution >= 4 is 6.09 Å². The smallest absolute Gasteiger partial charge is 0.409 e. The zero-order valence-corrected chi connectivity index (χ0v) is 7.01. The number of cyclic esters (lactones) is 1. The van der Waals surface area contributed by atoms with Crippen LogP contribution in [0.1, 0.15) is 26.2 Å². The molecule has 0 aromatic rings. The summed E-state index contributed by atoms with van der Waals surface area (Å²) in [6.07, 6.45) is 3.05. The standard InChI is InChI=1S/C8H15NO2/c1-2-3-5-9-6-4-7-11-8(9)10/h2-7H2,1H3. The van der Waals surface area contributed by atoms with Crippen molar-refractivity contribution in [3.63, 3.8) is 0 Å². The van der Waals surface area contributed by atoms with E-state index in [0.29, 0.717) is 6.61 Å². The normalized spacial score (nSPS) is 18.3. The molecule has 64 valence electrons. The Balaban J connectivity index is 2.24. The molecular weight excluding hydrogens is 142 g/mol. The Morgan fingerprint density at radius 2 is 2.45 bits per heavy atom. The third-order valence-corrected chi connectivity index (χ3v) is 1.84. The molecule has 1 rings (SSSR count). The first kappa shape index (κ1) is 8.37. The summed E-state index contributed by atoms with van der Waals surface area (Å²) in [5.41, 5.74) is 0. The molecule has 0 aromatic heterocycles. The molecule has 0 unspecified atom stereocenters. The molecule has 0 aliphatic carbocycles. The summed E-state index contributed by atoms with van der Waals surface area (Å²) in [5.74, 6) is 0. The van der Waals surface area contributed by atoms with Gasteiger partial charge in [0, 0.05) is 13.1 Å². The maximum atomic E-state index is 11.0. The van der Waals surface area contributed by atoms with Gasteiger partial charge in [-0.15, -0.1) is 0 Å². The van der Waals surface area contributed by atoms with Crippen LogP contribution in [0.2, 0.25) is 0 Å². The number of ether oxygens (including phenoxy) is 1. The number of carbonyl (C=O) groups is 1. The third-order valence-electron chi connectivity index (χ3n) is 1.84. The van der Waals surface area contributed by atoms with E-state index in [0.717, 1.165) is 32.4 Å². The Labute approximate surface area is 67.3 Å². The molecule has 0 saturated carbocycles. The largest absolute Gasteiger partial charge is 0.449 e. The van der Waals surface area contributed by atoms with Crippen LogP contribution in [-0.2, 0) is 4.74 Å². The van der Waals surface area contributed by atoms with Crippen molar-refractivity contribution in [1.82, 2.24) is 4.90 Å². The summed E-state index contributed by atoms with van der Waals surface area (Å²) >= 11 is 0. The van der Waals surface area contributed by atoms with Gasteiger partial charge in [-0.1, -0.05) is 13.3 Å². The first-order valence-electron chi connectivity index (χ1n) is 4.26. The Kier molecular flexibility index (Phi) is 3.20. The van der Waals surface area contributed by atoms with Gasteiger partial charge in [0.1, 0.15) is 0 Å². The fraction of sp³-hybridized carbons (Fsp3) is 0.875. The first-order valence-corrected chi connectivity index (χ1v) is 4.26. The highest BCUT2D eigenvalue weighted by Gasteiger charge is 2.17. The van der Waals surface area contributed by atoms with Gasteiger partial charge in [0.2, 0.25) is 0 Å². The average molecular weight is 157 g/mol. The monoisotopic (exact) mass is 157 g/mol. The molecular formula is C8H15NO2. The van der Waals surface area contributed by atoms with E-state index in [2.05, 4.69) is 6.92 Å². The van der Waals surface area contributed by atoms with Gasteiger partial charge < -0.3 is 9.64 Å². The summed E-state index contributed by atoms with van der Waals surface area (Å²) in [6.45, 7) is 4.45. The van der Waals surface area contributed by atoms with Gasteiger partial charge in [-0.2, -0.15) is 0 Å². The van der Waals surface area contributed by atoms with E-state index in [1.165, 1.54) is 0 Å². The SMILES string of the molecule is CCCCN1CCCOC1=O. The van der Waals surface area contributed by atoms with Crippen molar-refractivity contribution in [3.8, 4) is 0 Å². The number of nitrogens with zero attached hydrogens (tertiary/aromatic N) is 1. The highest BCUT2D eigenvalue weighted by molar-refractivity contribution is 5.68. The Hall–Kier alpha value is -0.730. The predicted molar refractivity (Wildman–Crippen MR) is 42.4 cm³/mol. The molecule has 0 radical (unpaired) electrons. The van der Waals surface area contributed by atoms with Crippen LogP contribution in [0.15, 0.2) is 0 Å². The molecule has 0 aromatic carbocycles. The summed E-state index contributed by atoms with van der Waals surface area (Å²) < 4.78 is 4.87. The molecule has 1 fully saturated rings. The molecule has 1 heterocycles. The lowest BCUT2D eigenvalue weighted by atomic mass is 10.3. The molecule has 11 heavy (non-hydrogen) atoms. The van der Waals surface area contributed by atoms with E-state index in [4.69, 9.17) is 4.74 Å². The predicted octanol–water partition coefficient (Wildman–Crippen LogP) is 1.63. The molecule has 3 heteroatoms. The lowest BCUT2D eigenvalue weighted by molar-refractivity contribution is 0.0725. The maximum Gasteiger partial charge on any atom is 0.409 e. The number of carbonyl (C=O) groups excluding carboxylic acids is 1. The zero-order chi connectivity index (χ0) is 8.10. The van der Waals surface area contributed by atoms with Gasteiger partial charge in [0.05, 0.1) is 6.61 Å². The number of rotatable bonds is 3. The molecule has 1 aliphatic rings. The first-order chi connectivity index (χ1) is 5.34. The molecule has 1 aliphatic heterocycles. The van der Waals surface area contributed by atoms with Gasteiger partial charge in [0.25, 0.3) is 0 Å². The second-order valence-electron chi connectivity index (χ2n) is 2.81. The summed E-state index contributed by atoms with van der Waals surface area (Å²) in [7, 11) is 0. The molecule has 1 amide bonds. The van der Waals surface area contributed by atoms with Crippen molar-refractivity contribution in [2.75, 3.05) is 19.7 Å². The van der Waals surface area contributed by atoms with Crippen LogP contribution < -0.4 is 0 Å². The molecule has 0 N–H and O–H groups in total. The van der Waals surface area contributed by atoms with Gasteiger partial charge in [-0.3, -0.25) is 0 Å². The highest BCUT2D eigenvalue weighted by Crippen LogP contribution is 2.05. The van der Waals surface area contributed by atoms with Crippen LogP contribution in [0.3, 0.4) is 0 Å². The van der Waals surface area contributed by atoms with Crippen LogP contribution in [0.25, 0.3) is 0 Å². The van der Waals surface area contributed by atoms with Crippen LogP contribution in [-0.4, -0.2) is 30.7 Å². The minimum absolute atomic E-state index is 0.135. The number of unbranched alkanes of at least 4 members (excludes halogenated alkanes) is 1. The third kappa shape index (κ3) is 2.41. The molecule has 1 saturated heterocycles. The van der Waals surface area contributed by atoms with Crippen LogP contribution in [0, 0.1) is 0 Å². The Morgan fingerprint density at radius 3 is 3.09 bits per heavy atom. The lowest BCUT2D eigenvalue weighted by Gasteiger charge is -2.25. The average Bonchev–Trinajstić information content (AvgIpc) is 2.03. The highest BCUT2D eigenvalue weighted by atomic mass is 16.6. The van der Waals surface area contributed by atoms with Crippen LogP contribution in [0.5, 0.6) is 0 Å². The van der Waals surface area contributed by atoms with Crippen molar-refractivity contribution in [2.45, 2.75) is 26.2 Å². The van der Waals surface area contributed by atoms with Gasteiger partial charge in [-0.05, 0) is 12.8 Å².